The summed E-state index contributed by atoms with van der Waals surface area (Å²) >= 11 is 0. The maximum atomic E-state index is 5.57. The van der Waals surface area contributed by atoms with E-state index in [0.717, 1.165) is 0 Å². The van der Waals surface area contributed by atoms with Gasteiger partial charge in [-0.1, -0.05) is 59.2 Å². The number of ether oxygens (including phenoxy) is 12. The fourth-order valence-electron chi connectivity index (χ4n) is 7.02. The number of rotatable bonds is 12. The second-order valence-electron chi connectivity index (χ2n) is 14.5. The summed E-state index contributed by atoms with van der Waals surface area (Å²) in [5.74, 6) is 38.4. The lowest BCUT2D eigenvalue weighted by atomic mass is 10.0. The highest BCUT2D eigenvalue weighted by atomic mass is 16.5. The van der Waals surface area contributed by atoms with Crippen LogP contribution >= 0.6 is 0 Å². The molecule has 6 rings (SSSR count). The standard InChI is InChI=1S/C58H50O12/c1-59-47-29-43(30-48(60-2)55(47)67-9)19-15-39-23-37(24-40(27-39)16-20-44-31-49(61-3)56(68-10)50(32-44)62-4)13-14-38-25-41(17-21-45-33-51(63-5)57(69-11)52(34-45)64-6)28-42(26-38)18-22-46-35-53(65-7)58(70-12)54(36-46)66-8/h23-36H,1-12H3. The van der Waals surface area contributed by atoms with Crippen molar-refractivity contribution in [2.45, 2.75) is 0 Å². The van der Waals surface area contributed by atoms with E-state index in [2.05, 4.69) is 59.2 Å². The van der Waals surface area contributed by atoms with E-state index < -0.39 is 0 Å². The predicted molar refractivity (Wildman–Crippen MR) is 267 cm³/mol. The van der Waals surface area contributed by atoms with Crippen molar-refractivity contribution < 1.29 is 56.8 Å². The maximum Gasteiger partial charge on any atom is 0.203 e. The van der Waals surface area contributed by atoms with Crippen LogP contribution in [0.25, 0.3) is 0 Å². The van der Waals surface area contributed by atoms with Gasteiger partial charge in [0.25, 0.3) is 0 Å². The molecule has 0 spiro atoms. The summed E-state index contributed by atoms with van der Waals surface area (Å²) in [7, 11) is 18.6. The molecule has 0 amide bonds. The van der Waals surface area contributed by atoms with Gasteiger partial charge in [-0.15, -0.1) is 0 Å². The summed E-state index contributed by atoms with van der Waals surface area (Å²) in [5.41, 5.74) is 6.44. The zero-order chi connectivity index (χ0) is 50.2. The van der Waals surface area contributed by atoms with Crippen molar-refractivity contribution in [3.05, 3.63) is 141 Å². The van der Waals surface area contributed by atoms with Gasteiger partial charge < -0.3 is 56.8 Å². The lowest BCUT2D eigenvalue weighted by Gasteiger charge is -2.12. The van der Waals surface area contributed by atoms with Gasteiger partial charge in [0, 0.05) is 55.6 Å². The molecule has 12 nitrogen and oxygen atoms in total. The van der Waals surface area contributed by atoms with Gasteiger partial charge in [-0.3, -0.25) is 0 Å². The smallest absolute Gasteiger partial charge is 0.203 e. The zero-order valence-electron chi connectivity index (χ0n) is 41.0. The summed E-state index contributed by atoms with van der Waals surface area (Å²) in [5, 5.41) is 0. The second-order valence-corrected chi connectivity index (χ2v) is 14.5. The van der Waals surface area contributed by atoms with Gasteiger partial charge in [-0.05, 0) is 84.9 Å². The highest BCUT2D eigenvalue weighted by molar-refractivity contribution is 5.64. The third-order valence-corrected chi connectivity index (χ3v) is 10.3. The van der Waals surface area contributed by atoms with Gasteiger partial charge in [0.05, 0.1) is 85.3 Å². The van der Waals surface area contributed by atoms with E-state index in [4.69, 9.17) is 56.8 Å². The van der Waals surface area contributed by atoms with Crippen LogP contribution < -0.4 is 56.8 Å². The molecule has 70 heavy (non-hydrogen) atoms. The summed E-state index contributed by atoms with van der Waals surface area (Å²) in [6, 6.07) is 25.6. The molecular weight excluding hydrogens is 889 g/mol. The van der Waals surface area contributed by atoms with Crippen LogP contribution in [0.5, 0.6) is 69.0 Å². The Balaban J connectivity index is 1.51. The van der Waals surface area contributed by atoms with E-state index in [9.17, 15) is 0 Å². The second kappa shape index (κ2) is 24.0. The molecule has 0 fully saturated rings. The van der Waals surface area contributed by atoms with Gasteiger partial charge >= 0.3 is 0 Å². The molecule has 354 valence electrons. The van der Waals surface area contributed by atoms with Crippen molar-refractivity contribution in [1.82, 2.24) is 0 Å². The molecule has 0 aliphatic heterocycles. The Bertz CT molecular complexity index is 2720. The minimum Gasteiger partial charge on any atom is -0.493 e. The molecule has 0 saturated heterocycles. The van der Waals surface area contributed by atoms with Crippen molar-refractivity contribution in [3.63, 3.8) is 0 Å². The van der Waals surface area contributed by atoms with Crippen LogP contribution in [0.4, 0.5) is 0 Å². The average molecular weight is 939 g/mol. The molecule has 6 aromatic rings. The largest absolute Gasteiger partial charge is 0.493 e. The van der Waals surface area contributed by atoms with E-state index >= 15 is 0 Å². The van der Waals surface area contributed by atoms with Crippen molar-refractivity contribution in [3.8, 4) is 128 Å². The van der Waals surface area contributed by atoms with Crippen molar-refractivity contribution >= 4 is 0 Å². The van der Waals surface area contributed by atoms with Crippen LogP contribution in [0.15, 0.2) is 84.9 Å². The predicted octanol–water partition coefficient (Wildman–Crippen LogP) is 8.79. The lowest BCUT2D eigenvalue weighted by molar-refractivity contribution is 0.324. The van der Waals surface area contributed by atoms with Crippen LogP contribution in [-0.4, -0.2) is 85.3 Å². The summed E-state index contributed by atoms with van der Waals surface area (Å²) < 4.78 is 66.6. The maximum absolute atomic E-state index is 5.57. The lowest BCUT2D eigenvalue weighted by Crippen LogP contribution is -1.96. The normalized spacial score (nSPS) is 9.71. The highest BCUT2D eigenvalue weighted by Gasteiger charge is 2.16. The van der Waals surface area contributed by atoms with E-state index in [1.165, 1.54) is 0 Å². The molecule has 0 aliphatic carbocycles. The Kier molecular flexibility index (Phi) is 17.2. The molecule has 0 aromatic heterocycles. The third-order valence-electron chi connectivity index (χ3n) is 10.3. The molecule has 0 unspecified atom stereocenters. The van der Waals surface area contributed by atoms with Crippen LogP contribution in [0, 0.1) is 59.2 Å². The Morgan fingerprint density at radius 3 is 0.386 bits per heavy atom. The van der Waals surface area contributed by atoms with Crippen molar-refractivity contribution in [2.75, 3.05) is 85.3 Å². The van der Waals surface area contributed by atoms with Gasteiger partial charge in [-0.25, -0.2) is 0 Å². The van der Waals surface area contributed by atoms with Crippen molar-refractivity contribution in [2.24, 2.45) is 0 Å². The molecule has 0 atom stereocenters. The summed E-state index contributed by atoms with van der Waals surface area (Å²) in [6.07, 6.45) is 0. The number of methoxy groups -OCH3 is 12. The molecule has 12 heteroatoms. The van der Waals surface area contributed by atoms with Gasteiger partial charge in [0.15, 0.2) is 46.0 Å². The minimum atomic E-state index is 0.462. The first-order valence-electron chi connectivity index (χ1n) is 21.2. The molecule has 6 aromatic carbocycles. The highest BCUT2D eigenvalue weighted by Crippen LogP contribution is 2.41. The first-order chi connectivity index (χ1) is 34.1. The average Bonchev–Trinajstić information content (AvgIpc) is 3.40. The molecule has 0 aliphatic rings. The van der Waals surface area contributed by atoms with Crippen LogP contribution in [0.3, 0.4) is 0 Å². The number of hydrogen-bond donors (Lipinski definition) is 0. The molecule has 0 heterocycles. The Labute approximate surface area is 409 Å². The first kappa shape index (κ1) is 50.1. The topological polar surface area (TPSA) is 111 Å². The Hall–Kier alpha value is -9.28. The van der Waals surface area contributed by atoms with E-state index in [1.54, 1.807) is 134 Å². The quantitative estimate of drug-likeness (QED) is 0.109. The van der Waals surface area contributed by atoms with E-state index in [1.807, 2.05) is 36.4 Å². The number of hydrogen-bond acceptors (Lipinski definition) is 12. The monoisotopic (exact) mass is 938 g/mol. The number of benzene rings is 6. The minimum absolute atomic E-state index is 0.462. The first-order valence-corrected chi connectivity index (χ1v) is 21.2. The molecule has 0 saturated carbocycles. The van der Waals surface area contributed by atoms with Gasteiger partial charge in [0.1, 0.15) is 0 Å². The molecule has 0 bridgehead atoms. The Morgan fingerprint density at radius 2 is 0.286 bits per heavy atom. The SMILES string of the molecule is COc1cc(C#Cc2cc(C#Cc3cc(C#Cc4cc(OC)c(OC)c(OC)c4)cc(C#Cc4cc(OC)c(OC)c(OC)c4)c3)cc(C#Cc3cc(OC)c(OC)c(OC)c3)c2)cc(OC)c1OC. The van der Waals surface area contributed by atoms with Gasteiger partial charge in [0.2, 0.25) is 23.0 Å². The van der Waals surface area contributed by atoms with Crippen molar-refractivity contribution in [1.29, 1.82) is 0 Å². The van der Waals surface area contributed by atoms with Gasteiger partial charge in [-0.2, -0.15) is 0 Å². The Morgan fingerprint density at radius 1 is 0.171 bits per heavy atom. The summed E-state index contributed by atoms with van der Waals surface area (Å²) in [6.45, 7) is 0. The fourth-order valence-corrected chi connectivity index (χ4v) is 7.02. The van der Waals surface area contributed by atoms with Crippen LogP contribution in [0.2, 0.25) is 0 Å². The van der Waals surface area contributed by atoms with Crippen LogP contribution in [-0.2, 0) is 0 Å². The third kappa shape index (κ3) is 12.0. The fraction of sp³-hybridized carbons (Fsp3) is 0.207. The zero-order valence-corrected chi connectivity index (χ0v) is 41.0. The van der Waals surface area contributed by atoms with Crippen LogP contribution in [0.1, 0.15) is 55.6 Å². The molecule has 0 radical (unpaired) electrons. The summed E-state index contributed by atoms with van der Waals surface area (Å²) in [4.78, 5) is 0. The van der Waals surface area contributed by atoms with E-state index in [-0.39, 0.29) is 0 Å². The van der Waals surface area contributed by atoms with E-state index in [0.29, 0.717) is 125 Å². The molecule has 0 N–H and O–H groups in total. The molecular formula is C58H50O12.